The predicted octanol–water partition coefficient (Wildman–Crippen LogP) is 4.25. The molecule has 7 heteroatoms. The maximum atomic E-state index is 14.1. The van der Waals surface area contributed by atoms with Crippen molar-refractivity contribution in [3.63, 3.8) is 0 Å². The molecule has 134 valence electrons. The molecule has 1 aliphatic rings. The number of ether oxygens (including phenoxy) is 1. The van der Waals surface area contributed by atoms with Crippen molar-refractivity contribution in [3.8, 4) is 5.75 Å². The summed E-state index contributed by atoms with van der Waals surface area (Å²) in [7, 11) is -3.92. The Balaban J connectivity index is 1.77. The average molecular weight is 367 g/mol. The maximum Gasteiger partial charge on any atom is 0.261 e. The molecule has 0 unspecified atom stereocenters. The Kier molecular flexibility index (Phi) is 4.94. The minimum atomic E-state index is -3.92. The number of anilines is 1. The first kappa shape index (κ1) is 17.7. The molecule has 1 fully saturated rings. The van der Waals surface area contributed by atoms with Crippen LogP contribution in [0.2, 0.25) is 0 Å². The Morgan fingerprint density at radius 2 is 1.72 bits per heavy atom. The second-order valence-electron chi connectivity index (χ2n) is 6.30. The van der Waals surface area contributed by atoms with Gasteiger partial charge in [-0.1, -0.05) is 24.1 Å². The van der Waals surface area contributed by atoms with Crippen LogP contribution in [-0.4, -0.2) is 15.0 Å². The lowest BCUT2D eigenvalue weighted by atomic mass is 9.86. The van der Waals surface area contributed by atoms with Crippen LogP contribution in [0.1, 0.15) is 24.8 Å². The third-order valence-electron chi connectivity index (χ3n) is 4.27. The second-order valence-corrected chi connectivity index (χ2v) is 7.98. The first-order valence-electron chi connectivity index (χ1n) is 8.06. The van der Waals surface area contributed by atoms with E-state index in [1.807, 2.05) is 6.92 Å². The minimum Gasteiger partial charge on any atom is -0.487 e. The third kappa shape index (κ3) is 4.10. The number of aryl methyl sites for hydroxylation is 1. The average Bonchev–Trinajstić information content (AvgIpc) is 2.48. The van der Waals surface area contributed by atoms with E-state index in [0.717, 1.165) is 37.0 Å². The highest BCUT2D eigenvalue weighted by atomic mass is 32.2. The topological polar surface area (TPSA) is 55.4 Å². The zero-order valence-corrected chi connectivity index (χ0v) is 14.6. The predicted molar refractivity (Wildman–Crippen MR) is 91.2 cm³/mol. The Bertz CT molecular complexity index is 839. The molecule has 0 aromatic heterocycles. The Labute approximate surface area is 145 Å². The largest absolute Gasteiger partial charge is 0.487 e. The summed E-state index contributed by atoms with van der Waals surface area (Å²) in [4.78, 5) is 0.0178. The summed E-state index contributed by atoms with van der Waals surface area (Å²) in [6.45, 7) is 2.10. The standard InChI is InChI=1S/C18H19F2NO3S/c1-12-5-7-15(8-6-12)25(22,23)21-14-9-16(19)18(17(20)10-14)24-11-13-3-2-4-13/h5-10,13,21H,2-4,11H2,1H3. The van der Waals surface area contributed by atoms with Crippen LogP contribution >= 0.6 is 0 Å². The van der Waals surface area contributed by atoms with Crippen molar-refractivity contribution in [2.75, 3.05) is 11.3 Å². The fourth-order valence-corrected chi connectivity index (χ4v) is 3.59. The van der Waals surface area contributed by atoms with Crippen LogP contribution in [0.5, 0.6) is 5.75 Å². The Hall–Kier alpha value is -2.15. The quantitative estimate of drug-likeness (QED) is 0.830. The number of rotatable bonds is 6. The van der Waals surface area contributed by atoms with Gasteiger partial charge in [-0.15, -0.1) is 0 Å². The molecule has 2 aromatic carbocycles. The van der Waals surface area contributed by atoms with E-state index >= 15 is 0 Å². The van der Waals surface area contributed by atoms with Gasteiger partial charge in [0.1, 0.15) is 0 Å². The van der Waals surface area contributed by atoms with E-state index < -0.39 is 27.4 Å². The molecule has 0 amide bonds. The molecule has 0 heterocycles. The molecule has 25 heavy (non-hydrogen) atoms. The lowest BCUT2D eigenvalue weighted by Crippen LogP contribution is -2.20. The molecule has 0 aliphatic heterocycles. The fraction of sp³-hybridized carbons (Fsp3) is 0.333. The normalized spacial score (nSPS) is 14.8. The van der Waals surface area contributed by atoms with E-state index in [4.69, 9.17) is 4.74 Å². The number of sulfonamides is 1. The highest BCUT2D eigenvalue weighted by molar-refractivity contribution is 7.92. The van der Waals surface area contributed by atoms with E-state index in [1.165, 1.54) is 12.1 Å². The number of hydrogen-bond acceptors (Lipinski definition) is 3. The van der Waals surface area contributed by atoms with Gasteiger partial charge in [-0.2, -0.15) is 0 Å². The van der Waals surface area contributed by atoms with Crippen molar-refractivity contribution in [1.29, 1.82) is 0 Å². The van der Waals surface area contributed by atoms with Crippen molar-refractivity contribution in [2.24, 2.45) is 5.92 Å². The van der Waals surface area contributed by atoms with Crippen LogP contribution in [0, 0.1) is 24.5 Å². The fourth-order valence-electron chi connectivity index (χ4n) is 2.55. The van der Waals surface area contributed by atoms with Gasteiger partial charge in [0.15, 0.2) is 17.4 Å². The van der Waals surface area contributed by atoms with Crippen LogP contribution in [-0.2, 0) is 10.0 Å². The van der Waals surface area contributed by atoms with Gasteiger partial charge in [-0.05, 0) is 37.8 Å². The summed E-state index contributed by atoms with van der Waals surface area (Å²) in [6.07, 6.45) is 3.11. The van der Waals surface area contributed by atoms with Gasteiger partial charge in [0.25, 0.3) is 10.0 Å². The Morgan fingerprint density at radius 1 is 1.12 bits per heavy atom. The number of benzene rings is 2. The zero-order chi connectivity index (χ0) is 18.0. The summed E-state index contributed by atoms with van der Waals surface area (Å²) in [6, 6.07) is 8.00. The Morgan fingerprint density at radius 3 is 2.24 bits per heavy atom. The molecular formula is C18H19F2NO3S. The van der Waals surface area contributed by atoms with Gasteiger partial charge in [-0.3, -0.25) is 4.72 Å². The summed E-state index contributed by atoms with van der Waals surface area (Å²) in [5.74, 6) is -1.99. The molecule has 2 aromatic rings. The van der Waals surface area contributed by atoms with E-state index in [2.05, 4.69) is 4.72 Å². The van der Waals surface area contributed by atoms with Crippen molar-refractivity contribution >= 4 is 15.7 Å². The molecule has 0 spiro atoms. The third-order valence-corrected chi connectivity index (χ3v) is 5.67. The van der Waals surface area contributed by atoms with Crippen LogP contribution in [0.4, 0.5) is 14.5 Å². The maximum absolute atomic E-state index is 14.1. The molecule has 0 saturated heterocycles. The van der Waals surface area contributed by atoms with Crippen molar-refractivity contribution < 1.29 is 21.9 Å². The van der Waals surface area contributed by atoms with Crippen molar-refractivity contribution in [1.82, 2.24) is 0 Å². The first-order chi connectivity index (χ1) is 11.8. The highest BCUT2D eigenvalue weighted by Gasteiger charge is 2.21. The number of halogens is 2. The molecule has 1 saturated carbocycles. The molecular weight excluding hydrogens is 348 g/mol. The van der Waals surface area contributed by atoms with Gasteiger partial charge in [0, 0.05) is 12.1 Å². The SMILES string of the molecule is Cc1ccc(S(=O)(=O)Nc2cc(F)c(OCC3CCC3)c(F)c2)cc1. The van der Waals surface area contributed by atoms with E-state index in [-0.39, 0.29) is 17.2 Å². The molecule has 4 nitrogen and oxygen atoms in total. The smallest absolute Gasteiger partial charge is 0.261 e. The van der Waals surface area contributed by atoms with Crippen LogP contribution in [0.15, 0.2) is 41.3 Å². The van der Waals surface area contributed by atoms with E-state index in [0.29, 0.717) is 5.92 Å². The van der Waals surface area contributed by atoms with Crippen LogP contribution in [0.3, 0.4) is 0 Å². The molecule has 1 N–H and O–H groups in total. The monoisotopic (exact) mass is 367 g/mol. The van der Waals surface area contributed by atoms with E-state index in [1.54, 1.807) is 12.1 Å². The minimum absolute atomic E-state index is 0.0178. The highest BCUT2D eigenvalue weighted by Crippen LogP contribution is 2.31. The van der Waals surface area contributed by atoms with Gasteiger partial charge >= 0.3 is 0 Å². The lowest BCUT2D eigenvalue weighted by molar-refractivity contribution is 0.170. The molecule has 1 aliphatic carbocycles. The van der Waals surface area contributed by atoms with E-state index in [9.17, 15) is 17.2 Å². The number of nitrogens with one attached hydrogen (secondary N) is 1. The van der Waals surface area contributed by atoms with Gasteiger partial charge < -0.3 is 4.74 Å². The summed E-state index contributed by atoms with van der Waals surface area (Å²) < 4.78 is 60.2. The van der Waals surface area contributed by atoms with Gasteiger partial charge in [0.2, 0.25) is 0 Å². The lowest BCUT2D eigenvalue weighted by Gasteiger charge is -2.25. The van der Waals surface area contributed by atoms with Gasteiger partial charge in [0.05, 0.1) is 17.2 Å². The summed E-state index contributed by atoms with van der Waals surface area (Å²) in [5.41, 5.74) is 0.718. The molecule has 0 atom stereocenters. The molecule has 0 radical (unpaired) electrons. The van der Waals surface area contributed by atoms with Gasteiger partial charge in [-0.25, -0.2) is 17.2 Å². The summed E-state index contributed by atoms with van der Waals surface area (Å²) >= 11 is 0. The van der Waals surface area contributed by atoms with Crippen LogP contribution < -0.4 is 9.46 Å². The van der Waals surface area contributed by atoms with Crippen molar-refractivity contribution in [2.45, 2.75) is 31.1 Å². The molecule has 0 bridgehead atoms. The first-order valence-corrected chi connectivity index (χ1v) is 9.55. The second kappa shape index (κ2) is 7.00. The zero-order valence-electron chi connectivity index (χ0n) is 13.8. The van der Waals surface area contributed by atoms with Crippen LogP contribution in [0.25, 0.3) is 0 Å². The van der Waals surface area contributed by atoms with Crippen molar-refractivity contribution in [3.05, 3.63) is 53.6 Å². The molecule has 3 rings (SSSR count). The summed E-state index contributed by atoms with van der Waals surface area (Å²) in [5, 5.41) is 0. The number of hydrogen-bond donors (Lipinski definition) is 1.